The average molecular weight is 494 g/mol. The van der Waals surface area contributed by atoms with Gasteiger partial charge < -0.3 is 15.0 Å². The number of hydrogen-bond donors (Lipinski definition) is 1. The van der Waals surface area contributed by atoms with Crippen LogP contribution < -0.4 is 10.4 Å². The molecule has 190 valence electrons. The number of hydrogen-bond acceptors (Lipinski definition) is 7. The number of alkyl halides is 3. The quantitative estimate of drug-likeness (QED) is 0.628. The Morgan fingerprint density at radius 2 is 1.91 bits per heavy atom. The van der Waals surface area contributed by atoms with Crippen LogP contribution in [0.3, 0.4) is 0 Å². The number of halogens is 3. The SMILES string of the molecule is CC(C)(C)OC(=O)N1CCC[C@H](Nc2ncc(C(F)(F)F)c(N3OCC[C@H]3c3ccccc3)n2)C1. The molecule has 1 amide bonds. The maximum absolute atomic E-state index is 13.9. The minimum atomic E-state index is -4.65. The summed E-state index contributed by atoms with van der Waals surface area (Å²) in [5, 5.41) is 4.34. The van der Waals surface area contributed by atoms with Crippen LogP contribution >= 0.6 is 0 Å². The fourth-order valence-electron chi connectivity index (χ4n) is 4.24. The summed E-state index contributed by atoms with van der Waals surface area (Å²) in [6, 6.07) is 8.59. The molecule has 1 aromatic heterocycles. The molecule has 0 saturated carbocycles. The molecule has 1 aromatic carbocycles. The Bertz CT molecular complexity index is 1030. The second-order valence-electron chi connectivity index (χ2n) is 9.71. The van der Waals surface area contributed by atoms with Gasteiger partial charge in [0.1, 0.15) is 11.2 Å². The van der Waals surface area contributed by atoms with Crippen LogP contribution in [0.1, 0.15) is 57.2 Å². The first kappa shape index (κ1) is 25.0. The zero-order chi connectivity index (χ0) is 25.2. The maximum Gasteiger partial charge on any atom is 0.421 e. The molecule has 0 aliphatic carbocycles. The number of likely N-dealkylation sites (tertiary alicyclic amines) is 1. The average Bonchev–Trinajstić information content (AvgIpc) is 3.28. The van der Waals surface area contributed by atoms with Gasteiger partial charge in [0.25, 0.3) is 0 Å². The predicted molar refractivity (Wildman–Crippen MR) is 124 cm³/mol. The highest BCUT2D eigenvalue weighted by Crippen LogP contribution is 2.41. The summed E-state index contributed by atoms with van der Waals surface area (Å²) >= 11 is 0. The van der Waals surface area contributed by atoms with Crippen LogP contribution in [0.2, 0.25) is 0 Å². The summed E-state index contributed by atoms with van der Waals surface area (Å²) in [7, 11) is 0. The lowest BCUT2D eigenvalue weighted by atomic mass is 10.0. The topological polar surface area (TPSA) is 79.8 Å². The van der Waals surface area contributed by atoms with E-state index in [0.717, 1.165) is 18.2 Å². The third kappa shape index (κ3) is 6.14. The molecule has 2 aliphatic heterocycles. The number of aromatic nitrogens is 2. The van der Waals surface area contributed by atoms with Gasteiger partial charge >= 0.3 is 12.3 Å². The highest BCUT2D eigenvalue weighted by atomic mass is 19.4. The first-order valence-corrected chi connectivity index (χ1v) is 11.7. The molecule has 0 bridgehead atoms. The molecule has 2 saturated heterocycles. The fraction of sp³-hybridized carbons (Fsp3) is 0.542. The molecule has 0 unspecified atom stereocenters. The number of benzene rings is 1. The monoisotopic (exact) mass is 493 g/mol. The summed E-state index contributed by atoms with van der Waals surface area (Å²) in [5.41, 5.74) is -0.745. The zero-order valence-electron chi connectivity index (χ0n) is 20.0. The molecule has 2 aromatic rings. The van der Waals surface area contributed by atoms with Crippen molar-refractivity contribution in [2.75, 3.05) is 30.1 Å². The number of anilines is 2. The van der Waals surface area contributed by atoms with Crippen LogP contribution in [0.4, 0.5) is 29.7 Å². The van der Waals surface area contributed by atoms with Crippen molar-refractivity contribution in [1.29, 1.82) is 0 Å². The Labute approximate surface area is 202 Å². The van der Waals surface area contributed by atoms with Crippen molar-refractivity contribution in [2.45, 2.75) is 63.9 Å². The molecule has 2 fully saturated rings. The molecule has 2 atom stereocenters. The second kappa shape index (κ2) is 9.88. The van der Waals surface area contributed by atoms with Crippen LogP contribution in [-0.2, 0) is 15.8 Å². The van der Waals surface area contributed by atoms with E-state index in [4.69, 9.17) is 9.57 Å². The standard InChI is InChI=1S/C24H30F3N5O3/c1-23(2,3)35-22(33)31-12-7-10-17(15-31)29-21-28-14-18(24(25,26)27)20(30-21)32-19(11-13-34-32)16-8-5-4-6-9-16/h4-6,8-9,14,17,19H,7,10-13,15H2,1-3H3,(H,28,29,30)/t17-,19-/m0/s1. The molecule has 35 heavy (non-hydrogen) atoms. The minimum absolute atomic E-state index is 0.0475. The second-order valence-corrected chi connectivity index (χ2v) is 9.71. The van der Waals surface area contributed by atoms with Crippen molar-refractivity contribution < 1.29 is 27.5 Å². The van der Waals surface area contributed by atoms with Crippen molar-refractivity contribution in [2.24, 2.45) is 0 Å². The van der Waals surface area contributed by atoms with Gasteiger partial charge in [0.15, 0.2) is 5.82 Å². The lowest BCUT2D eigenvalue weighted by Gasteiger charge is -2.34. The lowest BCUT2D eigenvalue weighted by molar-refractivity contribution is -0.138. The molecule has 8 nitrogen and oxygen atoms in total. The number of carbonyl (C=O) groups is 1. The molecule has 0 radical (unpaired) electrons. The van der Waals surface area contributed by atoms with E-state index in [1.165, 1.54) is 5.06 Å². The third-order valence-corrected chi connectivity index (χ3v) is 5.78. The number of rotatable bonds is 4. The Balaban J connectivity index is 1.56. The number of amides is 1. The van der Waals surface area contributed by atoms with Crippen molar-refractivity contribution >= 4 is 17.9 Å². The largest absolute Gasteiger partial charge is 0.444 e. The predicted octanol–water partition coefficient (Wildman–Crippen LogP) is 5.19. The number of piperidine rings is 1. The Morgan fingerprint density at radius 3 is 2.60 bits per heavy atom. The van der Waals surface area contributed by atoms with Crippen LogP contribution in [0.15, 0.2) is 36.5 Å². The smallest absolute Gasteiger partial charge is 0.421 e. The Kier molecular flexibility index (Phi) is 7.07. The van der Waals surface area contributed by atoms with Gasteiger partial charge in [0.05, 0.1) is 12.6 Å². The van der Waals surface area contributed by atoms with E-state index in [2.05, 4.69) is 15.3 Å². The van der Waals surface area contributed by atoms with E-state index in [0.29, 0.717) is 25.9 Å². The number of ether oxygens (including phenoxy) is 1. The van der Waals surface area contributed by atoms with Gasteiger partial charge in [-0.1, -0.05) is 30.3 Å². The molecular formula is C24H30F3N5O3. The van der Waals surface area contributed by atoms with Gasteiger partial charge in [-0.3, -0.25) is 4.84 Å². The van der Waals surface area contributed by atoms with Crippen LogP contribution in [-0.4, -0.2) is 52.3 Å². The summed E-state index contributed by atoms with van der Waals surface area (Å²) < 4.78 is 47.0. The molecule has 3 heterocycles. The molecule has 1 N–H and O–H groups in total. The molecule has 4 rings (SSSR count). The van der Waals surface area contributed by atoms with E-state index >= 15 is 0 Å². The summed E-state index contributed by atoms with van der Waals surface area (Å²) in [5.74, 6) is -0.285. The lowest BCUT2D eigenvalue weighted by Crippen LogP contribution is -2.47. The molecule has 0 spiro atoms. The van der Waals surface area contributed by atoms with E-state index in [-0.39, 0.29) is 24.4 Å². The van der Waals surface area contributed by atoms with E-state index in [9.17, 15) is 18.0 Å². The van der Waals surface area contributed by atoms with Crippen molar-refractivity contribution in [3.63, 3.8) is 0 Å². The maximum atomic E-state index is 13.9. The van der Waals surface area contributed by atoms with Gasteiger partial charge in [0, 0.05) is 31.7 Å². The van der Waals surface area contributed by atoms with Gasteiger partial charge in [0.2, 0.25) is 5.95 Å². The Hall–Kier alpha value is -3.08. The Morgan fingerprint density at radius 1 is 1.17 bits per heavy atom. The molecular weight excluding hydrogens is 463 g/mol. The third-order valence-electron chi connectivity index (χ3n) is 5.78. The first-order chi connectivity index (χ1) is 16.5. The normalized spacial score (nSPS) is 21.2. The molecule has 11 heteroatoms. The molecule has 2 aliphatic rings. The number of carbonyl (C=O) groups excluding carboxylic acids is 1. The van der Waals surface area contributed by atoms with Crippen LogP contribution in [0.25, 0.3) is 0 Å². The fourth-order valence-corrected chi connectivity index (χ4v) is 4.24. The van der Waals surface area contributed by atoms with Crippen molar-refractivity contribution in [3.05, 3.63) is 47.7 Å². The minimum Gasteiger partial charge on any atom is -0.444 e. The summed E-state index contributed by atoms with van der Waals surface area (Å²) in [6.45, 7) is 6.55. The van der Waals surface area contributed by atoms with Gasteiger partial charge in [-0.15, -0.1) is 0 Å². The van der Waals surface area contributed by atoms with Crippen LogP contribution in [0, 0.1) is 0 Å². The van der Waals surface area contributed by atoms with E-state index in [1.807, 2.05) is 30.3 Å². The van der Waals surface area contributed by atoms with Gasteiger partial charge in [-0.05, 0) is 39.2 Å². The number of nitrogens with one attached hydrogen (secondary N) is 1. The van der Waals surface area contributed by atoms with Crippen molar-refractivity contribution in [3.8, 4) is 0 Å². The van der Waals surface area contributed by atoms with E-state index in [1.54, 1.807) is 25.7 Å². The van der Waals surface area contributed by atoms with E-state index < -0.39 is 29.5 Å². The number of nitrogens with zero attached hydrogens (tertiary/aromatic N) is 4. The van der Waals surface area contributed by atoms with Crippen LogP contribution in [0.5, 0.6) is 0 Å². The zero-order valence-corrected chi connectivity index (χ0v) is 20.0. The summed E-state index contributed by atoms with van der Waals surface area (Å²) in [4.78, 5) is 27.9. The highest BCUT2D eigenvalue weighted by molar-refractivity contribution is 5.68. The van der Waals surface area contributed by atoms with Crippen molar-refractivity contribution in [1.82, 2.24) is 14.9 Å². The van der Waals surface area contributed by atoms with Gasteiger partial charge in [-0.2, -0.15) is 18.2 Å². The first-order valence-electron chi connectivity index (χ1n) is 11.7. The highest BCUT2D eigenvalue weighted by Gasteiger charge is 2.41. The van der Waals surface area contributed by atoms with Gasteiger partial charge in [-0.25, -0.2) is 14.8 Å². The number of hydroxylamine groups is 1. The summed E-state index contributed by atoms with van der Waals surface area (Å²) in [6.07, 6.45) is -2.33.